The molecule has 1 aliphatic rings. The summed E-state index contributed by atoms with van der Waals surface area (Å²) in [5.41, 5.74) is 0. The molecule has 0 aromatic heterocycles. The lowest BCUT2D eigenvalue weighted by molar-refractivity contribution is -0.137. The Hall–Kier alpha value is -1.20. The van der Waals surface area contributed by atoms with Crippen molar-refractivity contribution in [1.82, 2.24) is 4.90 Å². The molecule has 0 aromatic carbocycles. The van der Waals surface area contributed by atoms with Gasteiger partial charge in [0.15, 0.2) is 0 Å². The summed E-state index contributed by atoms with van der Waals surface area (Å²) in [6, 6.07) is 0. The molecule has 0 spiro atoms. The van der Waals surface area contributed by atoms with Crippen LogP contribution in [0.3, 0.4) is 0 Å². The quantitative estimate of drug-likeness (QED) is 0.360. The van der Waals surface area contributed by atoms with E-state index in [1.807, 2.05) is 0 Å². The zero-order valence-electron chi connectivity index (χ0n) is 7.23. The minimum atomic E-state index is -0.609. The van der Waals surface area contributed by atoms with Crippen molar-refractivity contribution < 1.29 is 19.1 Å². The Labute approximate surface area is 85.3 Å². The number of carbonyl (C=O) groups is 3. The molecule has 0 saturated carbocycles. The van der Waals surface area contributed by atoms with Crippen LogP contribution in [0.15, 0.2) is 12.2 Å². The van der Waals surface area contributed by atoms with Crippen molar-refractivity contribution in [3.8, 4) is 0 Å². The van der Waals surface area contributed by atoms with Crippen LogP contribution in [0.2, 0.25) is 0 Å². The lowest BCUT2D eigenvalue weighted by atomic mass is 10.5. The molecular formula is C8H8ClNO4. The molecule has 14 heavy (non-hydrogen) atoms. The van der Waals surface area contributed by atoms with Crippen LogP contribution in [-0.2, 0) is 19.1 Å². The predicted molar refractivity (Wildman–Crippen MR) is 47.5 cm³/mol. The molecule has 0 saturated heterocycles. The molecule has 5 nitrogen and oxygen atoms in total. The highest BCUT2D eigenvalue weighted by Crippen LogP contribution is 2.02. The van der Waals surface area contributed by atoms with Gasteiger partial charge < -0.3 is 4.74 Å². The third-order valence-electron chi connectivity index (χ3n) is 1.58. The topological polar surface area (TPSA) is 63.7 Å². The van der Waals surface area contributed by atoms with E-state index in [2.05, 4.69) is 0 Å². The summed E-state index contributed by atoms with van der Waals surface area (Å²) >= 11 is 5.01. The van der Waals surface area contributed by atoms with Gasteiger partial charge in [-0.1, -0.05) is 0 Å². The number of hydrogen-bond donors (Lipinski definition) is 0. The molecule has 1 heterocycles. The number of nitrogens with zero attached hydrogens (tertiary/aromatic N) is 1. The first-order valence-corrected chi connectivity index (χ1v) is 4.28. The fourth-order valence-corrected chi connectivity index (χ4v) is 1.04. The molecule has 0 bridgehead atoms. The summed E-state index contributed by atoms with van der Waals surface area (Å²) in [7, 11) is 0. The summed E-state index contributed by atoms with van der Waals surface area (Å²) < 4.78 is 4.80. The SMILES string of the molecule is O=C(Cl)COCCN1C(=O)C=CC1=O. The summed E-state index contributed by atoms with van der Waals surface area (Å²) in [6.07, 6.45) is 2.38. The molecule has 76 valence electrons. The largest absolute Gasteiger partial charge is 0.370 e. The molecule has 0 aromatic rings. The molecule has 1 rings (SSSR count). The normalized spacial score (nSPS) is 15.4. The first-order valence-electron chi connectivity index (χ1n) is 3.91. The van der Waals surface area contributed by atoms with Crippen LogP contribution in [0, 0.1) is 0 Å². The highest BCUT2D eigenvalue weighted by molar-refractivity contribution is 6.63. The second-order valence-corrected chi connectivity index (χ2v) is 2.99. The summed E-state index contributed by atoms with van der Waals surface area (Å²) in [6.45, 7) is 0.0255. The Morgan fingerprint density at radius 3 is 2.43 bits per heavy atom. The lowest BCUT2D eigenvalue weighted by Gasteiger charge is -2.12. The van der Waals surface area contributed by atoms with E-state index in [4.69, 9.17) is 16.3 Å². The first-order chi connectivity index (χ1) is 6.61. The van der Waals surface area contributed by atoms with Crippen molar-refractivity contribution in [3.05, 3.63) is 12.2 Å². The zero-order valence-corrected chi connectivity index (χ0v) is 7.99. The van der Waals surface area contributed by atoms with Gasteiger partial charge >= 0.3 is 0 Å². The van der Waals surface area contributed by atoms with Crippen molar-refractivity contribution in [2.24, 2.45) is 0 Å². The molecule has 6 heteroatoms. The second-order valence-electron chi connectivity index (χ2n) is 2.57. The van der Waals surface area contributed by atoms with Gasteiger partial charge in [-0.05, 0) is 11.6 Å². The van der Waals surface area contributed by atoms with Crippen LogP contribution in [-0.4, -0.2) is 41.7 Å². The second kappa shape index (κ2) is 4.88. The molecule has 1 aliphatic heterocycles. The van der Waals surface area contributed by atoms with Crippen molar-refractivity contribution in [1.29, 1.82) is 0 Å². The van der Waals surface area contributed by atoms with Gasteiger partial charge in [0, 0.05) is 12.2 Å². The van der Waals surface area contributed by atoms with Crippen LogP contribution < -0.4 is 0 Å². The van der Waals surface area contributed by atoms with Gasteiger partial charge in [-0.15, -0.1) is 0 Å². The Morgan fingerprint density at radius 2 is 1.93 bits per heavy atom. The van der Waals surface area contributed by atoms with Gasteiger partial charge in [0.25, 0.3) is 11.8 Å². The van der Waals surface area contributed by atoms with Crippen LogP contribution in [0.1, 0.15) is 0 Å². The van der Waals surface area contributed by atoms with Gasteiger partial charge in [0.05, 0.1) is 13.2 Å². The molecule has 2 amide bonds. The van der Waals surface area contributed by atoms with Gasteiger partial charge in [0.2, 0.25) is 5.24 Å². The van der Waals surface area contributed by atoms with Crippen molar-refractivity contribution in [2.45, 2.75) is 0 Å². The average molecular weight is 218 g/mol. The monoisotopic (exact) mass is 217 g/mol. The van der Waals surface area contributed by atoms with Crippen molar-refractivity contribution >= 4 is 28.7 Å². The molecule has 0 unspecified atom stereocenters. The summed E-state index contributed by atoms with van der Waals surface area (Å²) in [5, 5.41) is -0.609. The van der Waals surface area contributed by atoms with E-state index >= 15 is 0 Å². The van der Waals surface area contributed by atoms with E-state index in [0.717, 1.165) is 4.90 Å². The van der Waals surface area contributed by atoms with Gasteiger partial charge in [0.1, 0.15) is 6.61 Å². The van der Waals surface area contributed by atoms with E-state index in [1.54, 1.807) is 0 Å². The van der Waals surface area contributed by atoms with E-state index in [9.17, 15) is 14.4 Å². The minimum Gasteiger partial charge on any atom is -0.370 e. The number of ether oxygens (including phenoxy) is 1. The maximum atomic E-state index is 11.0. The number of amides is 2. The fourth-order valence-electron chi connectivity index (χ4n) is 0.960. The number of hydrogen-bond acceptors (Lipinski definition) is 4. The maximum absolute atomic E-state index is 11.0. The van der Waals surface area contributed by atoms with Gasteiger partial charge in [-0.25, -0.2) is 0 Å². The van der Waals surface area contributed by atoms with Crippen molar-refractivity contribution in [2.75, 3.05) is 19.8 Å². The third kappa shape index (κ3) is 2.93. The smallest absolute Gasteiger partial charge is 0.253 e. The standard InChI is InChI=1S/C8H8ClNO4/c9-6(11)5-14-4-3-10-7(12)1-2-8(10)13/h1-2H,3-5H2. The van der Waals surface area contributed by atoms with Crippen LogP contribution in [0.5, 0.6) is 0 Å². The number of halogens is 1. The average Bonchev–Trinajstić information content (AvgIpc) is 2.42. The van der Waals surface area contributed by atoms with Crippen LogP contribution >= 0.6 is 11.6 Å². The van der Waals surface area contributed by atoms with Crippen LogP contribution in [0.25, 0.3) is 0 Å². The highest BCUT2D eigenvalue weighted by atomic mass is 35.5. The number of rotatable bonds is 5. The van der Waals surface area contributed by atoms with E-state index in [1.165, 1.54) is 12.2 Å². The molecule has 0 N–H and O–H groups in total. The highest BCUT2D eigenvalue weighted by Gasteiger charge is 2.22. The van der Waals surface area contributed by atoms with E-state index in [0.29, 0.717) is 0 Å². The number of carbonyl (C=O) groups excluding carboxylic acids is 3. The summed E-state index contributed by atoms with van der Waals surface area (Å²) in [5.74, 6) is -0.730. The third-order valence-corrected chi connectivity index (χ3v) is 1.68. The number of imide groups is 1. The Morgan fingerprint density at radius 1 is 1.36 bits per heavy atom. The van der Waals surface area contributed by atoms with E-state index < -0.39 is 5.24 Å². The molecular weight excluding hydrogens is 210 g/mol. The zero-order chi connectivity index (χ0) is 10.6. The maximum Gasteiger partial charge on any atom is 0.253 e. The minimum absolute atomic E-state index is 0.109. The first kappa shape index (κ1) is 10.9. The van der Waals surface area contributed by atoms with Crippen molar-refractivity contribution in [3.63, 3.8) is 0 Å². The fraction of sp³-hybridized carbons (Fsp3) is 0.375. The molecule has 0 fully saturated rings. The predicted octanol–water partition coefficient (Wildman–Crippen LogP) is -0.307. The van der Waals surface area contributed by atoms with Gasteiger partial charge in [-0.2, -0.15) is 0 Å². The summed E-state index contributed by atoms with van der Waals surface area (Å²) in [4.78, 5) is 33.2. The van der Waals surface area contributed by atoms with Gasteiger partial charge in [-0.3, -0.25) is 19.3 Å². The lowest BCUT2D eigenvalue weighted by Crippen LogP contribution is -2.33. The van der Waals surface area contributed by atoms with E-state index in [-0.39, 0.29) is 31.6 Å². The van der Waals surface area contributed by atoms with Crippen LogP contribution in [0.4, 0.5) is 0 Å². The Kier molecular flexibility index (Phi) is 3.79. The molecule has 0 aliphatic carbocycles. The Bertz CT molecular complexity index is 282. The Balaban J connectivity index is 2.22. The molecule has 0 radical (unpaired) electrons. The molecule has 0 atom stereocenters.